The molecule has 4 rings (SSSR count). The molecule has 1 fully saturated rings. The molecular formula is C19H17F3N2O. The van der Waals surface area contributed by atoms with E-state index in [1.54, 1.807) is 4.57 Å². The summed E-state index contributed by atoms with van der Waals surface area (Å²) in [6.45, 7) is 3.80. The normalized spacial score (nSPS) is 27.0. The number of aromatic nitrogens is 1. The van der Waals surface area contributed by atoms with Crippen molar-refractivity contribution in [3.05, 3.63) is 60.7 Å². The molecule has 1 unspecified atom stereocenters. The van der Waals surface area contributed by atoms with Gasteiger partial charge in [0.25, 0.3) is 0 Å². The lowest BCUT2D eigenvalue weighted by atomic mass is 9.87. The average Bonchev–Trinajstić information content (AvgIpc) is 2.88. The predicted octanol–water partition coefficient (Wildman–Crippen LogP) is 3.47. The largest absolute Gasteiger partial charge is 0.389 e. The van der Waals surface area contributed by atoms with Crippen LogP contribution in [0.1, 0.15) is 6.04 Å². The Bertz CT molecular complexity index is 924. The highest BCUT2D eigenvalue weighted by Crippen LogP contribution is 2.41. The standard InChI is InChI=1S/C19H17F3N2O/c1-2-19(22)10-23-9-17(25)18(19)24-15-5-3-11(20)7-13(15)14-8-12(21)4-6-16(14)24/h2-8,17-18,23,25H,1,9-10H2/t17-,18+,19?/m1/s1. The van der Waals surface area contributed by atoms with Gasteiger partial charge >= 0.3 is 0 Å². The number of fused-ring (bicyclic) bond motifs is 3. The molecule has 0 amide bonds. The second-order valence-electron chi connectivity index (χ2n) is 6.47. The van der Waals surface area contributed by atoms with Crippen LogP contribution in [0.15, 0.2) is 49.1 Å². The maximum absolute atomic E-state index is 15.5. The van der Waals surface area contributed by atoms with Crippen LogP contribution in [-0.4, -0.2) is 34.5 Å². The van der Waals surface area contributed by atoms with Crippen molar-refractivity contribution in [3.63, 3.8) is 0 Å². The predicted molar refractivity (Wildman–Crippen MR) is 91.3 cm³/mol. The molecule has 6 heteroatoms. The van der Waals surface area contributed by atoms with Crippen molar-refractivity contribution in [1.29, 1.82) is 0 Å². The summed E-state index contributed by atoms with van der Waals surface area (Å²) in [6, 6.07) is 7.25. The summed E-state index contributed by atoms with van der Waals surface area (Å²) in [7, 11) is 0. The van der Waals surface area contributed by atoms with Gasteiger partial charge in [-0.2, -0.15) is 0 Å². The number of rotatable bonds is 2. The Morgan fingerprint density at radius 3 is 2.20 bits per heavy atom. The molecule has 1 aliphatic rings. The first-order valence-electron chi connectivity index (χ1n) is 8.04. The van der Waals surface area contributed by atoms with E-state index in [1.165, 1.54) is 42.5 Å². The number of aliphatic hydroxyl groups excluding tert-OH is 1. The van der Waals surface area contributed by atoms with Crippen molar-refractivity contribution in [2.75, 3.05) is 13.1 Å². The summed E-state index contributed by atoms with van der Waals surface area (Å²) in [5.74, 6) is -0.922. The Kier molecular flexibility index (Phi) is 3.63. The van der Waals surface area contributed by atoms with E-state index in [0.717, 1.165) is 0 Å². The topological polar surface area (TPSA) is 37.2 Å². The molecule has 3 atom stereocenters. The fourth-order valence-electron chi connectivity index (χ4n) is 3.82. The summed E-state index contributed by atoms with van der Waals surface area (Å²) >= 11 is 0. The summed E-state index contributed by atoms with van der Waals surface area (Å²) in [5, 5.41) is 14.3. The van der Waals surface area contributed by atoms with Crippen molar-refractivity contribution in [3.8, 4) is 0 Å². The number of alkyl halides is 1. The fourth-order valence-corrected chi connectivity index (χ4v) is 3.82. The third kappa shape index (κ3) is 2.36. The van der Waals surface area contributed by atoms with E-state index in [4.69, 9.17) is 0 Å². The van der Waals surface area contributed by atoms with Crippen molar-refractivity contribution in [1.82, 2.24) is 9.88 Å². The van der Waals surface area contributed by atoms with E-state index < -0.39 is 29.4 Å². The summed E-state index contributed by atoms with van der Waals surface area (Å²) in [4.78, 5) is 0. The zero-order valence-corrected chi connectivity index (χ0v) is 13.3. The number of aliphatic hydroxyl groups is 1. The van der Waals surface area contributed by atoms with E-state index in [9.17, 15) is 13.9 Å². The lowest BCUT2D eigenvalue weighted by Crippen LogP contribution is -2.56. The van der Waals surface area contributed by atoms with E-state index >= 15 is 4.39 Å². The van der Waals surface area contributed by atoms with Gasteiger partial charge in [0.05, 0.1) is 6.10 Å². The summed E-state index contributed by atoms with van der Waals surface area (Å²) in [6.07, 6.45) is 0.156. The van der Waals surface area contributed by atoms with E-state index in [-0.39, 0.29) is 13.1 Å². The quantitative estimate of drug-likeness (QED) is 0.697. The Morgan fingerprint density at radius 1 is 1.12 bits per heavy atom. The number of piperidine rings is 1. The molecule has 2 heterocycles. The van der Waals surface area contributed by atoms with Gasteiger partial charge in [-0.25, -0.2) is 13.2 Å². The number of benzene rings is 2. The maximum Gasteiger partial charge on any atom is 0.164 e. The van der Waals surface area contributed by atoms with Gasteiger partial charge in [-0.1, -0.05) is 12.7 Å². The van der Waals surface area contributed by atoms with Gasteiger partial charge in [-0.15, -0.1) is 0 Å². The van der Waals surface area contributed by atoms with Gasteiger partial charge in [0, 0.05) is 34.9 Å². The Labute approximate surface area is 142 Å². The van der Waals surface area contributed by atoms with Gasteiger partial charge in [-0.05, 0) is 36.4 Å². The fraction of sp³-hybridized carbons (Fsp3) is 0.263. The van der Waals surface area contributed by atoms with Crippen LogP contribution < -0.4 is 5.32 Å². The van der Waals surface area contributed by atoms with Crippen molar-refractivity contribution >= 4 is 21.8 Å². The molecular weight excluding hydrogens is 329 g/mol. The smallest absolute Gasteiger partial charge is 0.164 e. The number of halogens is 3. The second-order valence-corrected chi connectivity index (χ2v) is 6.47. The zero-order valence-electron chi connectivity index (χ0n) is 13.3. The first-order chi connectivity index (χ1) is 11.9. The lowest BCUT2D eigenvalue weighted by molar-refractivity contribution is 0.00191. The van der Waals surface area contributed by atoms with Crippen molar-refractivity contribution in [2.45, 2.75) is 17.8 Å². The minimum absolute atomic E-state index is 0.00177. The third-order valence-corrected chi connectivity index (χ3v) is 4.95. The Hall–Kier alpha value is -2.31. The first kappa shape index (κ1) is 16.2. The second kappa shape index (κ2) is 5.61. The van der Waals surface area contributed by atoms with Crippen molar-refractivity contribution in [2.24, 2.45) is 0 Å². The Balaban J connectivity index is 2.10. The molecule has 3 nitrogen and oxygen atoms in total. The van der Waals surface area contributed by atoms with Crippen LogP contribution in [0.4, 0.5) is 13.2 Å². The van der Waals surface area contributed by atoms with Gasteiger partial charge in [0.15, 0.2) is 5.67 Å². The maximum atomic E-state index is 15.5. The molecule has 25 heavy (non-hydrogen) atoms. The molecule has 1 aromatic heterocycles. The number of nitrogens with one attached hydrogen (secondary N) is 1. The van der Waals surface area contributed by atoms with Gasteiger partial charge < -0.3 is 15.0 Å². The summed E-state index contributed by atoms with van der Waals surface area (Å²) in [5.41, 5.74) is -0.826. The van der Waals surface area contributed by atoms with Gasteiger partial charge in [0.2, 0.25) is 0 Å². The Morgan fingerprint density at radius 2 is 1.68 bits per heavy atom. The first-order valence-corrected chi connectivity index (χ1v) is 8.04. The molecule has 1 saturated heterocycles. The van der Waals surface area contributed by atoms with Crippen LogP contribution in [-0.2, 0) is 0 Å². The minimum atomic E-state index is -1.90. The van der Waals surface area contributed by atoms with Crippen LogP contribution in [0.5, 0.6) is 0 Å². The molecule has 0 bridgehead atoms. The molecule has 130 valence electrons. The van der Waals surface area contributed by atoms with Crippen LogP contribution in [0.2, 0.25) is 0 Å². The molecule has 0 aliphatic carbocycles. The zero-order chi connectivity index (χ0) is 17.8. The molecule has 0 spiro atoms. The third-order valence-electron chi connectivity index (χ3n) is 4.95. The highest BCUT2D eigenvalue weighted by atomic mass is 19.1. The van der Waals surface area contributed by atoms with Crippen molar-refractivity contribution < 1.29 is 18.3 Å². The molecule has 3 aromatic rings. The molecule has 2 N–H and O–H groups in total. The highest BCUT2D eigenvalue weighted by molar-refractivity contribution is 6.08. The molecule has 2 aromatic carbocycles. The lowest BCUT2D eigenvalue weighted by Gasteiger charge is -2.41. The van der Waals surface area contributed by atoms with Gasteiger partial charge in [-0.3, -0.25) is 0 Å². The number of β-amino-alcohol motifs (C(OH)–C–C–N with tert-alkyl or cyclic N) is 1. The molecule has 1 aliphatic heterocycles. The highest BCUT2D eigenvalue weighted by Gasteiger charge is 2.46. The van der Waals surface area contributed by atoms with E-state index in [0.29, 0.717) is 21.8 Å². The van der Waals surface area contributed by atoms with Crippen LogP contribution in [0.3, 0.4) is 0 Å². The SMILES string of the molecule is C=CC1(F)CNC[C@@H](O)[C@@H]1n1c2ccc(F)cc2c2cc(F)ccc21. The van der Waals surface area contributed by atoms with Crippen LogP contribution in [0, 0.1) is 11.6 Å². The van der Waals surface area contributed by atoms with Crippen LogP contribution in [0.25, 0.3) is 21.8 Å². The van der Waals surface area contributed by atoms with Crippen LogP contribution >= 0.6 is 0 Å². The number of hydrogen-bond acceptors (Lipinski definition) is 2. The number of nitrogens with zero attached hydrogens (tertiary/aromatic N) is 1. The average molecular weight is 346 g/mol. The monoisotopic (exact) mass is 346 g/mol. The number of hydrogen-bond donors (Lipinski definition) is 2. The van der Waals surface area contributed by atoms with E-state index in [1.807, 2.05) is 0 Å². The molecule has 0 radical (unpaired) electrons. The minimum Gasteiger partial charge on any atom is -0.389 e. The summed E-state index contributed by atoms with van der Waals surface area (Å²) < 4.78 is 44.6. The van der Waals surface area contributed by atoms with E-state index in [2.05, 4.69) is 11.9 Å². The van der Waals surface area contributed by atoms with Gasteiger partial charge in [0.1, 0.15) is 17.7 Å². The molecule has 0 saturated carbocycles.